The van der Waals surface area contributed by atoms with Gasteiger partial charge in [-0.25, -0.2) is 0 Å². The molecule has 0 atom stereocenters. The van der Waals surface area contributed by atoms with Crippen molar-refractivity contribution in [2.24, 2.45) is 0 Å². The smallest absolute Gasteiger partial charge is 0.222 e. The molecule has 1 aliphatic heterocycles. The number of nitrogens with one attached hydrogen (secondary N) is 2. The average molecular weight is 226 g/mol. The predicted octanol–water partition coefficient (Wildman–Crippen LogP) is 0.837. The molecule has 1 heterocycles. The van der Waals surface area contributed by atoms with Crippen molar-refractivity contribution in [3.63, 3.8) is 0 Å². The van der Waals surface area contributed by atoms with Gasteiger partial charge in [-0.2, -0.15) is 0 Å². The monoisotopic (exact) mass is 226 g/mol. The number of rotatable bonds is 6. The second kappa shape index (κ2) is 7.41. The Morgan fingerprint density at radius 2 is 2.19 bits per heavy atom. The van der Waals surface area contributed by atoms with Gasteiger partial charge in [0.1, 0.15) is 0 Å². The molecule has 1 fully saturated rings. The zero-order chi connectivity index (χ0) is 11.8. The van der Waals surface area contributed by atoms with Gasteiger partial charge in [0.25, 0.3) is 0 Å². The first-order valence-corrected chi connectivity index (χ1v) is 5.92. The largest absolute Gasteiger partial charge is 0.378 e. The molecule has 0 aromatic rings. The standard InChI is InChI=1S/C12H22N2O2/c1-10(2)9-14-12(15)5-8-16-11-3-6-13-7-4-11/h11,13H,1,3-9H2,2H3,(H,14,15). The topological polar surface area (TPSA) is 50.4 Å². The SMILES string of the molecule is C=C(C)CNC(=O)CCOC1CCNCC1. The van der Waals surface area contributed by atoms with Gasteiger partial charge in [-0.15, -0.1) is 0 Å². The van der Waals surface area contributed by atoms with Crippen LogP contribution in [0.5, 0.6) is 0 Å². The summed E-state index contributed by atoms with van der Waals surface area (Å²) in [7, 11) is 0. The summed E-state index contributed by atoms with van der Waals surface area (Å²) in [6.07, 6.45) is 2.87. The van der Waals surface area contributed by atoms with Crippen molar-refractivity contribution in [1.82, 2.24) is 10.6 Å². The van der Waals surface area contributed by atoms with E-state index in [9.17, 15) is 4.79 Å². The molecule has 1 rings (SSSR count). The highest BCUT2D eigenvalue weighted by atomic mass is 16.5. The Hall–Kier alpha value is -0.870. The third-order valence-electron chi connectivity index (χ3n) is 2.56. The number of hydrogen-bond acceptors (Lipinski definition) is 3. The van der Waals surface area contributed by atoms with Crippen LogP contribution >= 0.6 is 0 Å². The highest BCUT2D eigenvalue weighted by Crippen LogP contribution is 2.07. The van der Waals surface area contributed by atoms with E-state index in [4.69, 9.17) is 4.74 Å². The summed E-state index contributed by atoms with van der Waals surface area (Å²) in [5, 5.41) is 6.07. The Morgan fingerprint density at radius 3 is 2.81 bits per heavy atom. The van der Waals surface area contributed by atoms with Crippen molar-refractivity contribution >= 4 is 5.91 Å². The molecule has 1 aliphatic rings. The van der Waals surface area contributed by atoms with Crippen LogP contribution in [0.25, 0.3) is 0 Å². The molecule has 16 heavy (non-hydrogen) atoms. The van der Waals surface area contributed by atoms with Crippen LogP contribution in [-0.4, -0.2) is 38.3 Å². The van der Waals surface area contributed by atoms with E-state index in [-0.39, 0.29) is 5.91 Å². The number of carbonyl (C=O) groups excluding carboxylic acids is 1. The van der Waals surface area contributed by atoms with Crippen molar-refractivity contribution in [2.75, 3.05) is 26.2 Å². The van der Waals surface area contributed by atoms with Crippen LogP contribution in [0, 0.1) is 0 Å². The van der Waals surface area contributed by atoms with Crippen LogP contribution in [0.3, 0.4) is 0 Å². The van der Waals surface area contributed by atoms with Gasteiger partial charge >= 0.3 is 0 Å². The van der Waals surface area contributed by atoms with Crippen LogP contribution < -0.4 is 10.6 Å². The van der Waals surface area contributed by atoms with Gasteiger partial charge < -0.3 is 15.4 Å². The molecule has 0 unspecified atom stereocenters. The van der Waals surface area contributed by atoms with Crippen molar-refractivity contribution < 1.29 is 9.53 Å². The lowest BCUT2D eigenvalue weighted by Crippen LogP contribution is -2.33. The van der Waals surface area contributed by atoms with Gasteiger partial charge in [0.2, 0.25) is 5.91 Å². The lowest BCUT2D eigenvalue weighted by Gasteiger charge is -2.22. The highest BCUT2D eigenvalue weighted by molar-refractivity contribution is 5.76. The molecule has 0 aliphatic carbocycles. The van der Waals surface area contributed by atoms with E-state index < -0.39 is 0 Å². The van der Waals surface area contributed by atoms with Gasteiger partial charge in [-0.3, -0.25) is 4.79 Å². The maximum Gasteiger partial charge on any atom is 0.222 e. The molecule has 1 saturated heterocycles. The number of carbonyl (C=O) groups is 1. The summed E-state index contributed by atoms with van der Waals surface area (Å²) in [4.78, 5) is 11.3. The molecule has 0 aromatic carbocycles. The first kappa shape index (κ1) is 13.2. The van der Waals surface area contributed by atoms with Crippen LogP contribution in [-0.2, 0) is 9.53 Å². The minimum Gasteiger partial charge on any atom is -0.378 e. The normalized spacial score (nSPS) is 17.1. The Bertz CT molecular complexity index is 235. The zero-order valence-corrected chi connectivity index (χ0v) is 10.1. The predicted molar refractivity (Wildman–Crippen MR) is 64.3 cm³/mol. The van der Waals surface area contributed by atoms with E-state index in [1.807, 2.05) is 6.92 Å². The van der Waals surface area contributed by atoms with Crippen molar-refractivity contribution in [1.29, 1.82) is 0 Å². The molecular formula is C12H22N2O2. The number of hydrogen-bond donors (Lipinski definition) is 2. The fourth-order valence-corrected chi connectivity index (χ4v) is 1.62. The molecule has 0 bridgehead atoms. The molecule has 4 nitrogen and oxygen atoms in total. The summed E-state index contributed by atoms with van der Waals surface area (Å²) < 4.78 is 5.64. The van der Waals surface area contributed by atoms with Gasteiger partial charge in [0.15, 0.2) is 0 Å². The Kier molecular flexibility index (Phi) is 6.11. The summed E-state index contributed by atoms with van der Waals surface area (Å²) >= 11 is 0. The minimum absolute atomic E-state index is 0.0388. The first-order chi connectivity index (χ1) is 7.68. The number of ether oxygens (including phenoxy) is 1. The second-order valence-electron chi connectivity index (χ2n) is 4.30. The molecule has 0 radical (unpaired) electrons. The second-order valence-corrected chi connectivity index (χ2v) is 4.30. The van der Waals surface area contributed by atoms with E-state index in [0.29, 0.717) is 25.7 Å². The Morgan fingerprint density at radius 1 is 1.50 bits per heavy atom. The fraction of sp³-hybridized carbons (Fsp3) is 0.750. The first-order valence-electron chi connectivity index (χ1n) is 5.92. The fourth-order valence-electron chi connectivity index (χ4n) is 1.62. The maximum atomic E-state index is 11.3. The summed E-state index contributed by atoms with van der Waals surface area (Å²) in [6, 6.07) is 0. The van der Waals surface area contributed by atoms with Crippen LogP contribution in [0.1, 0.15) is 26.2 Å². The molecular weight excluding hydrogens is 204 g/mol. The van der Waals surface area contributed by atoms with E-state index in [0.717, 1.165) is 31.5 Å². The molecule has 92 valence electrons. The minimum atomic E-state index is 0.0388. The molecule has 0 aromatic heterocycles. The average Bonchev–Trinajstić information content (AvgIpc) is 2.28. The van der Waals surface area contributed by atoms with E-state index in [1.165, 1.54) is 0 Å². The van der Waals surface area contributed by atoms with Crippen LogP contribution in [0.15, 0.2) is 12.2 Å². The van der Waals surface area contributed by atoms with Crippen molar-refractivity contribution in [3.8, 4) is 0 Å². The van der Waals surface area contributed by atoms with Gasteiger partial charge in [0, 0.05) is 13.0 Å². The summed E-state index contributed by atoms with van der Waals surface area (Å²) in [5.41, 5.74) is 0.965. The third-order valence-corrected chi connectivity index (χ3v) is 2.56. The number of amides is 1. The van der Waals surface area contributed by atoms with E-state index in [1.54, 1.807) is 0 Å². The van der Waals surface area contributed by atoms with E-state index in [2.05, 4.69) is 17.2 Å². The van der Waals surface area contributed by atoms with Crippen LogP contribution in [0.4, 0.5) is 0 Å². The molecule has 2 N–H and O–H groups in total. The molecule has 4 heteroatoms. The Balaban J connectivity index is 2.01. The summed E-state index contributed by atoms with van der Waals surface area (Å²) in [6.45, 7) is 8.75. The van der Waals surface area contributed by atoms with Gasteiger partial charge in [-0.1, -0.05) is 12.2 Å². The van der Waals surface area contributed by atoms with Crippen LogP contribution in [0.2, 0.25) is 0 Å². The quantitative estimate of drug-likeness (QED) is 0.660. The molecule has 0 spiro atoms. The van der Waals surface area contributed by atoms with Crippen molar-refractivity contribution in [2.45, 2.75) is 32.3 Å². The molecule has 0 saturated carbocycles. The van der Waals surface area contributed by atoms with Crippen molar-refractivity contribution in [3.05, 3.63) is 12.2 Å². The summed E-state index contributed by atoms with van der Waals surface area (Å²) in [5.74, 6) is 0.0388. The number of piperidine rings is 1. The highest BCUT2D eigenvalue weighted by Gasteiger charge is 2.13. The zero-order valence-electron chi connectivity index (χ0n) is 10.1. The van der Waals surface area contributed by atoms with E-state index >= 15 is 0 Å². The Labute approximate surface area is 97.4 Å². The third kappa shape index (κ3) is 5.88. The lowest BCUT2D eigenvalue weighted by atomic mass is 10.1. The molecule has 1 amide bonds. The van der Waals surface area contributed by atoms with Gasteiger partial charge in [0.05, 0.1) is 12.7 Å². The maximum absolute atomic E-state index is 11.3. The van der Waals surface area contributed by atoms with Gasteiger partial charge in [-0.05, 0) is 32.9 Å². The lowest BCUT2D eigenvalue weighted by molar-refractivity contribution is -0.122.